The number of para-hydroxylation sites is 1. The predicted octanol–water partition coefficient (Wildman–Crippen LogP) is 1.38. The van der Waals surface area contributed by atoms with Crippen LogP contribution in [0.5, 0.6) is 0 Å². The molecule has 2 heterocycles. The van der Waals surface area contributed by atoms with Crippen molar-refractivity contribution in [3.05, 3.63) is 29.3 Å². The highest BCUT2D eigenvalue weighted by Crippen LogP contribution is 2.23. The lowest BCUT2D eigenvalue weighted by atomic mass is 10.1. The smallest absolute Gasteiger partial charge is 0.255 e. The van der Waals surface area contributed by atoms with Crippen molar-refractivity contribution >= 4 is 23.4 Å². The van der Waals surface area contributed by atoms with Crippen molar-refractivity contribution in [2.24, 2.45) is 0 Å². The number of aryl methyl sites for hydroxylation is 1. The van der Waals surface area contributed by atoms with Gasteiger partial charge < -0.3 is 20.4 Å². The highest BCUT2D eigenvalue weighted by atomic mass is 16.2. The third kappa shape index (κ3) is 4.78. The van der Waals surface area contributed by atoms with Crippen molar-refractivity contribution in [1.82, 2.24) is 15.1 Å². The van der Waals surface area contributed by atoms with Crippen LogP contribution in [0.4, 0.5) is 5.69 Å². The van der Waals surface area contributed by atoms with Gasteiger partial charge in [-0.3, -0.25) is 14.4 Å². The van der Waals surface area contributed by atoms with Gasteiger partial charge in [0.1, 0.15) is 0 Å². The summed E-state index contributed by atoms with van der Waals surface area (Å²) in [5.74, 6) is -0.296. The molecule has 146 valence electrons. The van der Waals surface area contributed by atoms with Crippen LogP contribution in [0.3, 0.4) is 0 Å². The van der Waals surface area contributed by atoms with E-state index in [1.165, 1.54) is 0 Å². The SMILES string of the molecule is Cc1cccc(C(=O)N2CCCC2)c1NCC(=O)NCC(=O)N1CCCC1. The van der Waals surface area contributed by atoms with Crippen LogP contribution in [0.25, 0.3) is 0 Å². The van der Waals surface area contributed by atoms with Gasteiger partial charge in [-0.05, 0) is 44.2 Å². The fourth-order valence-electron chi connectivity index (χ4n) is 3.65. The van der Waals surface area contributed by atoms with Gasteiger partial charge in [-0.15, -0.1) is 0 Å². The number of hydrogen-bond donors (Lipinski definition) is 2. The fourth-order valence-corrected chi connectivity index (χ4v) is 3.65. The second-order valence-electron chi connectivity index (χ2n) is 7.21. The van der Waals surface area contributed by atoms with Crippen molar-refractivity contribution in [3.8, 4) is 0 Å². The molecule has 2 saturated heterocycles. The number of amides is 3. The second-order valence-corrected chi connectivity index (χ2v) is 7.21. The lowest BCUT2D eigenvalue weighted by Crippen LogP contribution is -2.40. The minimum atomic E-state index is -0.259. The molecule has 1 aromatic rings. The van der Waals surface area contributed by atoms with Gasteiger partial charge in [0.25, 0.3) is 5.91 Å². The van der Waals surface area contributed by atoms with Crippen molar-refractivity contribution < 1.29 is 14.4 Å². The van der Waals surface area contributed by atoms with Crippen LogP contribution in [-0.2, 0) is 9.59 Å². The van der Waals surface area contributed by atoms with Crippen LogP contribution in [-0.4, -0.2) is 66.8 Å². The van der Waals surface area contributed by atoms with Crippen LogP contribution in [0.2, 0.25) is 0 Å². The normalized spacial score (nSPS) is 16.5. The highest BCUT2D eigenvalue weighted by Gasteiger charge is 2.23. The third-order valence-electron chi connectivity index (χ3n) is 5.22. The number of anilines is 1. The zero-order valence-corrected chi connectivity index (χ0v) is 15.9. The van der Waals surface area contributed by atoms with Crippen molar-refractivity contribution in [2.75, 3.05) is 44.6 Å². The van der Waals surface area contributed by atoms with E-state index in [2.05, 4.69) is 10.6 Å². The molecule has 0 spiro atoms. The van der Waals surface area contributed by atoms with Crippen LogP contribution in [0.1, 0.15) is 41.6 Å². The molecule has 7 heteroatoms. The Kier molecular flexibility index (Phi) is 6.32. The third-order valence-corrected chi connectivity index (χ3v) is 5.22. The Morgan fingerprint density at radius 3 is 2.22 bits per heavy atom. The summed E-state index contributed by atoms with van der Waals surface area (Å²) in [4.78, 5) is 40.6. The summed E-state index contributed by atoms with van der Waals surface area (Å²) in [5, 5.41) is 5.76. The topological polar surface area (TPSA) is 81.8 Å². The lowest BCUT2D eigenvalue weighted by molar-refractivity contribution is -0.131. The first-order valence-electron chi connectivity index (χ1n) is 9.73. The van der Waals surface area contributed by atoms with E-state index in [1.807, 2.05) is 24.0 Å². The first-order chi connectivity index (χ1) is 13.1. The standard InChI is InChI=1S/C20H28N4O3/c1-15-7-6-8-16(20(27)24-11-4-5-12-24)19(15)22-13-17(25)21-14-18(26)23-9-2-3-10-23/h6-8,22H,2-5,9-14H2,1H3,(H,21,25). The first-order valence-corrected chi connectivity index (χ1v) is 9.73. The molecule has 2 aliphatic rings. The number of carbonyl (C=O) groups excluding carboxylic acids is 3. The average molecular weight is 372 g/mol. The summed E-state index contributed by atoms with van der Waals surface area (Å²) in [6.45, 7) is 5.08. The molecule has 3 amide bonds. The van der Waals surface area contributed by atoms with Gasteiger partial charge in [0.05, 0.1) is 24.3 Å². The molecule has 1 aromatic carbocycles. The van der Waals surface area contributed by atoms with Crippen LogP contribution < -0.4 is 10.6 Å². The van der Waals surface area contributed by atoms with E-state index in [0.717, 1.165) is 57.4 Å². The summed E-state index contributed by atoms with van der Waals surface area (Å²) in [7, 11) is 0. The molecule has 0 radical (unpaired) electrons. The number of benzene rings is 1. The van der Waals surface area contributed by atoms with Gasteiger partial charge in [-0.25, -0.2) is 0 Å². The van der Waals surface area contributed by atoms with Crippen molar-refractivity contribution in [2.45, 2.75) is 32.6 Å². The molecular weight excluding hydrogens is 344 g/mol. The molecule has 0 bridgehead atoms. The van der Waals surface area contributed by atoms with E-state index in [4.69, 9.17) is 0 Å². The molecule has 0 aromatic heterocycles. The lowest BCUT2D eigenvalue weighted by Gasteiger charge is -2.20. The van der Waals surface area contributed by atoms with Gasteiger partial charge in [0, 0.05) is 26.2 Å². The quantitative estimate of drug-likeness (QED) is 0.790. The summed E-state index contributed by atoms with van der Waals surface area (Å²) in [5.41, 5.74) is 2.20. The van der Waals surface area contributed by atoms with E-state index in [9.17, 15) is 14.4 Å². The Bertz CT molecular complexity index is 707. The molecule has 2 N–H and O–H groups in total. The molecule has 0 atom stereocenters. The van der Waals surface area contributed by atoms with E-state index >= 15 is 0 Å². The summed E-state index contributed by atoms with van der Waals surface area (Å²) in [6, 6.07) is 5.57. The molecule has 0 aliphatic carbocycles. The number of nitrogens with one attached hydrogen (secondary N) is 2. The zero-order valence-electron chi connectivity index (χ0n) is 15.9. The molecule has 7 nitrogen and oxygen atoms in total. The van der Waals surface area contributed by atoms with Crippen LogP contribution in [0, 0.1) is 6.92 Å². The molecule has 2 fully saturated rings. The Morgan fingerprint density at radius 2 is 1.56 bits per heavy atom. The van der Waals surface area contributed by atoms with Crippen molar-refractivity contribution in [1.29, 1.82) is 0 Å². The maximum atomic E-state index is 12.8. The molecule has 0 unspecified atom stereocenters. The molecule has 2 aliphatic heterocycles. The number of nitrogens with zero attached hydrogens (tertiary/aromatic N) is 2. The molecule has 0 saturated carbocycles. The Morgan fingerprint density at radius 1 is 0.926 bits per heavy atom. The molecule has 27 heavy (non-hydrogen) atoms. The monoisotopic (exact) mass is 372 g/mol. The van der Waals surface area contributed by atoms with Crippen molar-refractivity contribution in [3.63, 3.8) is 0 Å². The summed E-state index contributed by atoms with van der Waals surface area (Å²) in [6.07, 6.45) is 4.13. The van der Waals surface area contributed by atoms with E-state index < -0.39 is 0 Å². The first kappa shape index (κ1) is 19.2. The van der Waals surface area contributed by atoms with Gasteiger partial charge in [0.2, 0.25) is 11.8 Å². The second kappa shape index (κ2) is 8.88. The van der Waals surface area contributed by atoms with E-state index in [-0.39, 0.29) is 30.8 Å². The van der Waals surface area contributed by atoms with Gasteiger partial charge in [-0.1, -0.05) is 12.1 Å². The zero-order chi connectivity index (χ0) is 19.2. The minimum Gasteiger partial charge on any atom is -0.375 e. The molecular formula is C20H28N4O3. The van der Waals surface area contributed by atoms with E-state index in [1.54, 1.807) is 11.0 Å². The largest absolute Gasteiger partial charge is 0.375 e. The fraction of sp³-hybridized carbons (Fsp3) is 0.550. The number of likely N-dealkylation sites (tertiary alicyclic amines) is 2. The van der Waals surface area contributed by atoms with Gasteiger partial charge in [-0.2, -0.15) is 0 Å². The number of carbonyl (C=O) groups is 3. The Labute approximate surface area is 160 Å². The highest BCUT2D eigenvalue weighted by molar-refractivity contribution is 6.01. The number of rotatable bonds is 6. The summed E-state index contributed by atoms with van der Waals surface area (Å²) >= 11 is 0. The average Bonchev–Trinajstić information content (AvgIpc) is 3.38. The molecule has 3 rings (SSSR count). The Balaban J connectivity index is 1.56. The maximum absolute atomic E-state index is 12.8. The Hall–Kier alpha value is -2.57. The van der Waals surface area contributed by atoms with Crippen LogP contribution in [0.15, 0.2) is 18.2 Å². The van der Waals surface area contributed by atoms with Crippen LogP contribution >= 0.6 is 0 Å². The maximum Gasteiger partial charge on any atom is 0.255 e. The minimum absolute atomic E-state index is 0.00307. The summed E-state index contributed by atoms with van der Waals surface area (Å²) < 4.78 is 0. The number of hydrogen-bond acceptors (Lipinski definition) is 4. The van der Waals surface area contributed by atoms with Gasteiger partial charge >= 0.3 is 0 Å². The van der Waals surface area contributed by atoms with E-state index in [0.29, 0.717) is 11.3 Å². The predicted molar refractivity (Wildman–Crippen MR) is 104 cm³/mol. The van der Waals surface area contributed by atoms with Gasteiger partial charge in [0.15, 0.2) is 0 Å².